The molecule has 0 saturated heterocycles. The largest absolute Gasteiger partial charge is 0.466 e. The van der Waals surface area contributed by atoms with Gasteiger partial charge in [-0.3, -0.25) is 9.59 Å². The van der Waals surface area contributed by atoms with Gasteiger partial charge in [0.1, 0.15) is 5.78 Å². The third-order valence-electron chi connectivity index (χ3n) is 4.49. The van der Waals surface area contributed by atoms with Crippen molar-refractivity contribution < 1.29 is 47.5 Å². The minimum absolute atomic E-state index is 0.184. The molecular weight excluding hydrogens is 510 g/mol. The number of carbonyl (C=O) groups is 2. The zero-order valence-corrected chi connectivity index (χ0v) is 25.5. The number of ketones is 1. The topological polar surface area (TPSA) is 134 Å². The highest BCUT2D eigenvalue weighted by molar-refractivity contribution is 5.78. The van der Waals surface area contributed by atoms with Crippen molar-refractivity contribution in [3.8, 4) is 0 Å². The predicted octanol–water partition coefficient (Wildman–Crippen LogP) is 3.20. The highest BCUT2D eigenvalue weighted by Gasteiger charge is 2.02. The molecular formula is C28H59NO10. The molecule has 0 heterocycles. The van der Waals surface area contributed by atoms with E-state index in [-0.39, 0.29) is 11.8 Å². The van der Waals surface area contributed by atoms with Gasteiger partial charge < -0.3 is 43.6 Å². The second-order valence-corrected chi connectivity index (χ2v) is 7.82. The van der Waals surface area contributed by atoms with E-state index in [1.807, 2.05) is 6.92 Å². The summed E-state index contributed by atoms with van der Waals surface area (Å²) in [5, 5.41) is 0. The molecule has 0 aliphatic rings. The first-order chi connectivity index (χ1) is 19.1. The van der Waals surface area contributed by atoms with Gasteiger partial charge in [0.05, 0.1) is 85.7 Å². The van der Waals surface area contributed by atoms with Crippen LogP contribution >= 0.6 is 0 Å². The number of Topliss-reactive ketones (excluding diaryl/α,β-unsaturated/α-hetero) is 1. The molecule has 0 radical (unpaired) electrons. The van der Waals surface area contributed by atoms with Crippen molar-refractivity contribution in [2.75, 3.05) is 106 Å². The van der Waals surface area contributed by atoms with Crippen LogP contribution in [-0.2, 0) is 47.5 Å². The number of esters is 1. The first-order valence-electron chi connectivity index (χ1n) is 14.4. The van der Waals surface area contributed by atoms with E-state index in [1.165, 1.54) is 7.05 Å². The standard InChI is InChI=1S/C15H30O5.C12H24O5.CH5N/c1-3-5-8-18-11-13-20-14-12-19-10-7-15(16)6-9-17-4-2;1-3-6-14-8-10-16-11-9-15-7-5-12(13)17-4-2;1-2/h3-14H2,1-2H3;3-11H2,1-2H3;2H2,1H3. The number of unbranched alkanes of at least 4 members (excludes halogenated alkanes) is 1. The fraction of sp³-hybridized carbons (Fsp3) is 0.929. The van der Waals surface area contributed by atoms with Crippen LogP contribution in [-0.4, -0.2) is 118 Å². The Morgan fingerprint density at radius 2 is 0.872 bits per heavy atom. The number of hydrogen-bond acceptors (Lipinski definition) is 11. The second kappa shape index (κ2) is 41.3. The molecule has 0 atom stereocenters. The van der Waals surface area contributed by atoms with Crippen LogP contribution in [0.1, 0.15) is 66.2 Å². The van der Waals surface area contributed by atoms with Gasteiger partial charge >= 0.3 is 5.97 Å². The fourth-order valence-corrected chi connectivity index (χ4v) is 2.50. The predicted molar refractivity (Wildman–Crippen MR) is 152 cm³/mol. The molecule has 0 saturated carbocycles. The van der Waals surface area contributed by atoms with Gasteiger partial charge in [-0.2, -0.15) is 0 Å². The number of ether oxygens (including phenoxy) is 8. The Morgan fingerprint density at radius 3 is 1.31 bits per heavy atom. The number of hydrogen-bond donors (Lipinski definition) is 1. The summed E-state index contributed by atoms with van der Waals surface area (Å²) in [6.07, 6.45) is 4.50. The first-order valence-corrected chi connectivity index (χ1v) is 14.4. The van der Waals surface area contributed by atoms with E-state index in [0.29, 0.717) is 105 Å². The molecule has 0 aromatic carbocycles. The molecule has 0 aromatic heterocycles. The summed E-state index contributed by atoms with van der Waals surface area (Å²) in [6.45, 7) is 16.4. The molecule has 0 aromatic rings. The van der Waals surface area contributed by atoms with Gasteiger partial charge in [-0.15, -0.1) is 0 Å². The lowest BCUT2D eigenvalue weighted by molar-refractivity contribution is -0.144. The van der Waals surface area contributed by atoms with E-state index in [4.69, 9.17) is 37.9 Å². The molecule has 0 bridgehead atoms. The molecule has 236 valence electrons. The van der Waals surface area contributed by atoms with Crippen LogP contribution in [0.4, 0.5) is 0 Å². The molecule has 0 rings (SSSR count). The van der Waals surface area contributed by atoms with E-state index < -0.39 is 0 Å². The fourth-order valence-electron chi connectivity index (χ4n) is 2.50. The van der Waals surface area contributed by atoms with Gasteiger partial charge in [0.25, 0.3) is 0 Å². The van der Waals surface area contributed by atoms with E-state index in [1.54, 1.807) is 6.92 Å². The van der Waals surface area contributed by atoms with Gasteiger partial charge in [-0.1, -0.05) is 20.3 Å². The van der Waals surface area contributed by atoms with Crippen LogP contribution in [0.5, 0.6) is 0 Å². The molecule has 11 nitrogen and oxygen atoms in total. The lowest BCUT2D eigenvalue weighted by Gasteiger charge is -2.06. The van der Waals surface area contributed by atoms with Crippen molar-refractivity contribution in [2.45, 2.75) is 66.2 Å². The van der Waals surface area contributed by atoms with Crippen LogP contribution in [0.2, 0.25) is 0 Å². The Balaban J connectivity index is -0.000000632. The van der Waals surface area contributed by atoms with E-state index in [9.17, 15) is 9.59 Å². The Morgan fingerprint density at radius 1 is 0.462 bits per heavy atom. The second-order valence-electron chi connectivity index (χ2n) is 7.82. The molecule has 0 fully saturated rings. The van der Waals surface area contributed by atoms with Crippen LogP contribution in [0, 0.1) is 0 Å². The zero-order valence-electron chi connectivity index (χ0n) is 25.5. The van der Waals surface area contributed by atoms with Gasteiger partial charge in [-0.05, 0) is 33.7 Å². The third kappa shape index (κ3) is 44.1. The monoisotopic (exact) mass is 569 g/mol. The quantitative estimate of drug-likeness (QED) is 0.110. The van der Waals surface area contributed by atoms with Crippen molar-refractivity contribution in [3.63, 3.8) is 0 Å². The molecule has 0 unspecified atom stereocenters. The molecule has 0 aliphatic heterocycles. The molecule has 0 amide bonds. The van der Waals surface area contributed by atoms with Gasteiger partial charge in [0.15, 0.2) is 0 Å². The van der Waals surface area contributed by atoms with Crippen molar-refractivity contribution in [2.24, 2.45) is 5.73 Å². The lowest BCUT2D eigenvalue weighted by Crippen LogP contribution is -2.12. The highest BCUT2D eigenvalue weighted by Crippen LogP contribution is 1.93. The normalized spacial score (nSPS) is 10.3. The van der Waals surface area contributed by atoms with E-state index in [0.717, 1.165) is 32.5 Å². The Labute approximate surface area is 237 Å². The van der Waals surface area contributed by atoms with Crippen LogP contribution in [0.25, 0.3) is 0 Å². The number of carbonyl (C=O) groups excluding carboxylic acids is 2. The average Bonchev–Trinajstić information content (AvgIpc) is 2.94. The summed E-state index contributed by atoms with van der Waals surface area (Å²) in [7, 11) is 1.50. The summed E-state index contributed by atoms with van der Waals surface area (Å²) >= 11 is 0. The SMILES string of the molecule is CCCCOCCOCCOCCC(=O)CCOCC.CCCOCCOCCOCCC(=O)OCC.CN. The first kappa shape index (κ1) is 42.3. The number of nitrogens with two attached hydrogens (primary N) is 1. The van der Waals surface area contributed by atoms with Crippen molar-refractivity contribution >= 4 is 11.8 Å². The van der Waals surface area contributed by atoms with Crippen LogP contribution in [0.15, 0.2) is 0 Å². The van der Waals surface area contributed by atoms with Crippen molar-refractivity contribution in [1.29, 1.82) is 0 Å². The minimum Gasteiger partial charge on any atom is -0.466 e. The third-order valence-corrected chi connectivity index (χ3v) is 4.49. The van der Waals surface area contributed by atoms with Crippen molar-refractivity contribution in [1.82, 2.24) is 0 Å². The summed E-state index contributed by atoms with van der Waals surface area (Å²) in [4.78, 5) is 22.3. The highest BCUT2D eigenvalue weighted by atomic mass is 16.6. The van der Waals surface area contributed by atoms with Gasteiger partial charge in [0.2, 0.25) is 0 Å². The number of rotatable bonds is 28. The van der Waals surface area contributed by atoms with Gasteiger partial charge in [-0.25, -0.2) is 0 Å². The summed E-state index contributed by atoms with van der Waals surface area (Å²) in [6, 6.07) is 0. The smallest absolute Gasteiger partial charge is 0.308 e. The Bertz CT molecular complexity index is 470. The molecule has 0 aliphatic carbocycles. The summed E-state index contributed by atoms with van der Waals surface area (Å²) in [5.41, 5.74) is 4.50. The lowest BCUT2D eigenvalue weighted by atomic mass is 10.2. The summed E-state index contributed by atoms with van der Waals surface area (Å²) in [5.74, 6) is -0.0370. The van der Waals surface area contributed by atoms with Crippen LogP contribution < -0.4 is 5.73 Å². The maximum atomic E-state index is 11.4. The molecule has 2 N–H and O–H groups in total. The molecule has 0 spiro atoms. The molecule has 39 heavy (non-hydrogen) atoms. The average molecular weight is 570 g/mol. The Kier molecular flexibility index (Phi) is 44.8. The van der Waals surface area contributed by atoms with Crippen LogP contribution in [0.3, 0.4) is 0 Å². The van der Waals surface area contributed by atoms with E-state index >= 15 is 0 Å². The van der Waals surface area contributed by atoms with E-state index in [2.05, 4.69) is 19.6 Å². The summed E-state index contributed by atoms with van der Waals surface area (Å²) < 4.78 is 41.6. The maximum Gasteiger partial charge on any atom is 0.308 e. The van der Waals surface area contributed by atoms with Crippen molar-refractivity contribution in [3.05, 3.63) is 0 Å². The Hall–Kier alpha value is -1.18. The molecule has 11 heteroatoms. The zero-order chi connectivity index (χ0) is 29.7. The maximum absolute atomic E-state index is 11.4. The van der Waals surface area contributed by atoms with Gasteiger partial charge in [0, 0.05) is 32.7 Å². The minimum atomic E-state index is -0.221.